The summed E-state index contributed by atoms with van der Waals surface area (Å²) in [6.45, 7) is 2.29. The van der Waals surface area contributed by atoms with Crippen LogP contribution >= 0.6 is 0 Å². The highest BCUT2D eigenvalue weighted by Crippen LogP contribution is 2.54. The van der Waals surface area contributed by atoms with Gasteiger partial charge in [-0.3, -0.25) is 0 Å². The van der Waals surface area contributed by atoms with Crippen molar-refractivity contribution < 1.29 is 19.0 Å². The normalized spacial score (nSPS) is 23.5. The molecule has 1 saturated carbocycles. The first-order chi connectivity index (χ1) is 15.4. The van der Waals surface area contributed by atoms with Gasteiger partial charge in [0.05, 0.1) is 44.7 Å². The fourth-order valence-electron chi connectivity index (χ4n) is 4.59. The number of ether oxygens (including phenoxy) is 3. The van der Waals surface area contributed by atoms with Gasteiger partial charge in [0, 0.05) is 24.9 Å². The van der Waals surface area contributed by atoms with Crippen molar-refractivity contribution in [1.29, 1.82) is 21.2 Å². The number of hydrogen-bond acceptors (Lipinski definition) is 8. The van der Waals surface area contributed by atoms with Crippen LogP contribution in [0.4, 0.5) is 4.79 Å². The molecule has 2 aliphatic rings. The molecule has 32 heavy (non-hydrogen) atoms. The summed E-state index contributed by atoms with van der Waals surface area (Å²) in [4.78, 5) is 13.9. The predicted octanol–water partition coefficient (Wildman–Crippen LogP) is 3.01. The lowest BCUT2D eigenvalue weighted by Gasteiger charge is -2.47. The molecule has 0 saturated heterocycles. The van der Waals surface area contributed by atoms with Crippen molar-refractivity contribution in [3.05, 3.63) is 35.4 Å². The Morgan fingerprint density at radius 3 is 2.47 bits per heavy atom. The molecule has 9 nitrogen and oxygen atoms in total. The Bertz CT molecular complexity index is 1080. The maximum atomic E-state index is 12.4. The lowest BCUT2D eigenvalue weighted by molar-refractivity contribution is 0.0992. The zero-order chi connectivity index (χ0) is 23.5. The van der Waals surface area contributed by atoms with Gasteiger partial charge in [-0.25, -0.2) is 4.79 Å². The van der Waals surface area contributed by atoms with Gasteiger partial charge in [0.1, 0.15) is 5.92 Å². The van der Waals surface area contributed by atoms with Crippen LogP contribution in [0.1, 0.15) is 18.4 Å². The average Bonchev–Trinajstić information content (AvgIpc) is 2.82. The minimum Gasteiger partial charge on any atom is -0.493 e. The van der Waals surface area contributed by atoms with E-state index in [4.69, 9.17) is 19.6 Å². The van der Waals surface area contributed by atoms with Gasteiger partial charge < -0.3 is 24.5 Å². The SMILES string of the molecule is CCOC(=O)N1CC=C2C(C#N)C(=N)C(C#N)(C#N)[C@H](c3ccc(OC)c(OC)c3)[C@@H]2C1. The second-order valence-corrected chi connectivity index (χ2v) is 7.51. The van der Waals surface area contributed by atoms with Crippen LogP contribution in [0.2, 0.25) is 0 Å². The van der Waals surface area contributed by atoms with Gasteiger partial charge >= 0.3 is 6.09 Å². The van der Waals surface area contributed by atoms with Gasteiger partial charge in [-0.2, -0.15) is 15.8 Å². The number of nitrogens with one attached hydrogen (secondary N) is 1. The third-order valence-corrected chi connectivity index (χ3v) is 6.08. The van der Waals surface area contributed by atoms with Crippen LogP contribution in [0.15, 0.2) is 29.8 Å². The molecule has 1 aliphatic carbocycles. The molecule has 0 radical (unpaired) electrons. The minimum absolute atomic E-state index is 0.153. The molecule has 0 spiro atoms. The molecule has 164 valence electrons. The predicted molar refractivity (Wildman–Crippen MR) is 113 cm³/mol. The third-order valence-electron chi connectivity index (χ3n) is 6.08. The summed E-state index contributed by atoms with van der Waals surface area (Å²) in [5, 5.41) is 38.7. The number of methoxy groups -OCH3 is 2. The van der Waals surface area contributed by atoms with Crippen molar-refractivity contribution in [2.75, 3.05) is 33.9 Å². The van der Waals surface area contributed by atoms with Crippen LogP contribution in [0, 0.1) is 56.7 Å². The molecule has 3 atom stereocenters. The van der Waals surface area contributed by atoms with E-state index in [-0.39, 0.29) is 25.4 Å². The molecule has 1 unspecified atom stereocenters. The van der Waals surface area contributed by atoms with E-state index in [0.29, 0.717) is 22.6 Å². The van der Waals surface area contributed by atoms with Gasteiger partial charge in [-0.1, -0.05) is 12.1 Å². The first-order valence-corrected chi connectivity index (χ1v) is 10.1. The van der Waals surface area contributed by atoms with Crippen molar-refractivity contribution in [3.8, 4) is 29.7 Å². The van der Waals surface area contributed by atoms with Crippen molar-refractivity contribution in [1.82, 2.24) is 4.90 Å². The van der Waals surface area contributed by atoms with Crippen molar-refractivity contribution >= 4 is 11.8 Å². The molecule has 0 aromatic heterocycles. The lowest BCUT2D eigenvalue weighted by atomic mass is 9.54. The number of rotatable bonds is 4. The summed E-state index contributed by atoms with van der Waals surface area (Å²) in [5.74, 6) is -1.47. The number of benzene rings is 1. The summed E-state index contributed by atoms with van der Waals surface area (Å²) in [6.07, 6.45) is 1.22. The van der Waals surface area contributed by atoms with E-state index < -0.39 is 29.3 Å². The molecule has 1 amide bonds. The standard InChI is InChI=1S/C23H23N5O4/c1-4-32-22(29)28-8-7-15-16(10-24)21(27)23(12-25,13-26)20(17(15)11-28)14-5-6-18(30-2)19(9-14)31-3/h5-7,9,16-17,20,27H,4,8,11H2,1-3H3/t16?,17-,20-/m1/s1. The van der Waals surface area contributed by atoms with E-state index in [1.165, 1.54) is 19.1 Å². The van der Waals surface area contributed by atoms with Gasteiger partial charge in [0.2, 0.25) is 0 Å². The fraction of sp³-hybridized carbons (Fsp3) is 0.435. The molecule has 1 heterocycles. The second-order valence-electron chi connectivity index (χ2n) is 7.51. The Kier molecular flexibility index (Phi) is 6.37. The maximum Gasteiger partial charge on any atom is 0.410 e. The summed E-state index contributed by atoms with van der Waals surface area (Å²) in [6, 6.07) is 11.2. The van der Waals surface area contributed by atoms with Gasteiger partial charge in [-0.15, -0.1) is 0 Å². The van der Waals surface area contributed by atoms with E-state index in [2.05, 4.69) is 6.07 Å². The third kappa shape index (κ3) is 3.40. The first-order valence-electron chi connectivity index (χ1n) is 10.1. The number of carbonyl (C=O) groups excluding carboxylic acids is 1. The summed E-state index contributed by atoms with van der Waals surface area (Å²) in [5.41, 5.74) is -0.927. The van der Waals surface area contributed by atoms with E-state index in [1.54, 1.807) is 31.2 Å². The molecule has 9 heteroatoms. The number of nitrogens with zero attached hydrogens (tertiary/aromatic N) is 4. The Hall–Kier alpha value is -4.03. The lowest BCUT2D eigenvalue weighted by Crippen LogP contribution is -2.53. The zero-order valence-electron chi connectivity index (χ0n) is 18.1. The van der Waals surface area contributed by atoms with Crippen LogP contribution < -0.4 is 9.47 Å². The van der Waals surface area contributed by atoms with Crippen molar-refractivity contribution in [2.45, 2.75) is 12.8 Å². The van der Waals surface area contributed by atoms with Crippen LogP contribution in [0.5, 0.6) is 11.5 Å². The summed E-state index contributed by atoms with van der Waals surface area (Å²) < 4.78 is 15.8. The highest BCUT2D eigenvalue weighted by atomic mass is 16.6. The molecular formula is C23H23N5O4. The quantitative estimate of drug-likeness (QED) is 0.719. The average molecular weight is 433 g/mol. The van der Waals surface area contributed by atoms with Crippen LogP contribution in [0.3, 0.4) is 0 Å². The molecule has 1 aromatic rings. The molecule has 3 rings (SSSR count). The van der Waals surface area contributed by atoms with E-state index >= 15 is 0 Å². The number of carbonyl (C=O) groups is 1. The molecule has 1 fully saturated rings. The van der Waals surface area contributed by atoms with E-state index in [1.807, 2.05) is 12.1 Å². The van der Waals surface area contributed by atoms with Crippen LogP contribution in [-0.4, -0.2) is 50.6 Å². The molecule has 0 bridgehead atoms. The van der Waals surface area contributed by atoms with Crippen molar-refractivity contribution in [3.63, 3.8) is 0 Å². The summed E-state index contributed by atoms with van der Waals surface area (Å²) >= 11 is 0. The molecular weight excluding hydrogens is 410 g/mol. The highest BCUT2D eigenvalue weighted by Gasteiger charge is 2.58. The van der Waals surface area contributed by atoms with Crippen LogP contribution in [0.25, 0.3) is 0 Å². The number of hydrogen-bond donors (Lipinski definition) is 1. The van der Waals surface area contributed by atoms with Gasteiger partial charge in [-0.05, 0) is 30.2 Å². The summed E-state index contributed by atoms with van der Waals surface area (Å²) in [7, 11) is 2.98. The minimum atomic E-state index is -1.89. The smallest absolute Gasteiger partial charge is 0.410 e. The maximum absolute atomic E-state index is 12.4. The zero-order valence-corrected chi connectivity index (χ0v) is 18.1. The van der Waals surface area contributed by atoms with E-state index in [0.717, 1.165) is 0 Å². The Morgan fingerprint density at radius 2 is 1.91 bits per heavy atom. The highest BCUT2D eigenvalue weighted by molar-refractivity contribution is 6.01. The molecule has 1 N–H and O–H groups in total. The largest absolute Gasteiger partial charge is 0.493 e. The molecule has 1 aliphatic heterocycles. The van der Waals surface area contributed by atoms with Gasteiger partial charge in [0.15, 0.2) is 16.9 Å². The van der Waals surface area contributed by atoms with Crippen molar-refractivity contribution in [2.24, 2.45) is 17.3 Å². The Morgan fingerprint density at radius 1 is 1.22 bits per heavy atom. The van der Waals surface area contributed by atoms with Gasteiger partial charge in [0.25, 0.3) is 0 Å². The monoisotopic (exact) mass is 433 g/mol. The molecule has 1 aromatic carbocycles. The Labute approximate surface area is 186 Å². The second kappa shape index (κ2) is 8.99. The fourth-order valence-corrected chi connectivity index (χ4v) is 4.59. The number of fused-ring (bicyclic) bond motifs is 1. The van der Waals surface area contributed by atoms with E-state index in [9.17, 15) is 20.6 Å². The first kappa shape index (κ1) is 22.7. The number of amides is 1. The Balaban J connectivity index is 2.22. The topological polar surface area (TPSA) is 143 Å². The van der Waals surface area contributed by atoms with Crippen LogP contribution in [-0.2, 0) is 4.74 Å². The number of nitriles is 3.